The number of rotatable bonds is 7. The van der Waals surface area contributed by atoms with Gasteiger partial charge in [0, 0.05) is 11.8 Å². The fraction of sp³-hybridized carbons (Fsp3) is 0.318. The molecule has 1 amide bonds. The van der Waals surface area contributed by atoms with E-state index in [2.05, 4.69) is 19.2 Å². The van der Waals surface area contributed by atoms with Gasteiger partial charge in [-0.1, -0.05) is 38.1 Å². The van der Waals surface area contributed by atoms with Crippen molar-refractivity contribution in [2.45, 2.75) is 39.7 Å². The molecule has 0 saturated carbocycles. The molecule has 0 radical (unpaired) electrons. The van der Waals surface area contributed by atoms with Crippen LogP contribution in [0.2, 0.25) is 0 Å². The second kappa shape index (κ2) is 9.09. The normalized spacial score (nSPS) is 11.2. The van der Waals surface area contributed by atoms with Crippen molar-refractivity contribution < 1.29 is 14.3 Å². The van der Waals surface area contributed by atoms with Crippen LogP contribution in [0.3, 0.4) is 0 Å². The van der Waals surface area contributed by atoms with Crippen LogP contribution in [0.1, 0.15) is 44.7 Å². The Hall–Kier alpha value is -2.75. The number of hydrogen-bond donors (Lipinski definition) is 1. The van der Waals surface area contributed by atoms with Crippen molar-refractivity contribution in [3.8, 4) is 11.5 Å². The summed E-state index contributed by atoms with van der Waals surface area (Å²) in [4.78, 5) is 12.3. The molecule has 2 aromatic carbocycles. The SMILES string of the molecule is COc1cc(C=CC(=O)Nc2ccccc2C(C)C)ccc1OC(C)C. The molecule has 0 bridgehead atoms. The Morgan fingerprint density at radius 3 is 2.42 bits per heavy atom. The molecule has 1 N–H and O–H groups in total. The third-order valence-electron chi connectivity index (χ3n) is 3.82. The molecular weight excluding hydrogens is 326 g/mol. The Kier molecular flexibility index (Phi) is 6.84. The van der Waals surface area contributed by atoms with Gasteiger partial charge in [0.25, 0.3) is 0 Å². The molecular formula is C22H27NO3. The zero-order valence-corrected chi connectivity index (χ0v) is 16.1. The Balaban J connectivity index is 2.11. The molecule has 0 aliphatic heterocycles. The number of hydrogen-bond acceptors (Lipinski definition) is 3. The molecule has 0 unspecified atom stereocenters. The maximum absolute atomic E-state index is 12.3. The molecule has 0 saturated heterocycles. The lowest BCUT2D eigenvalue weighted by atomic mass is 10.0. The first kappa shape index (κ1) is 19.6. The third kappa shape index (κ3) is 5.38. The number of carbonyl (C=O) groups is 1. The van der Waals surface area contributed by atoms with Crippen molar-refractivity contribution in [1.82, 2.24) is 0 Å². The molecule has 2 aromatic rings. The number of amides is 1. The molecule has 0 spiro atoms. The number of carbonyl (C=O) groups excluding carboxylic acids is 1. The van der Waals surface area contributed by atoms with Crippen LogP contribution in [0.5, 0.6) is 11.5 Å². The zero-order valence-electron chi connectivity index (χ0n) is 16.1. The Labute approximate surface area is 155 Å². The molecule has 0 heterocycles. The van der Waals surface area contributed by atoms with E-state index in [1.807, 2.05) is 56.3 Å². The minimum Gasteiger partial charge on any atom is -0.493 e. The van der Waals surface area contributed by atoms with Gasteiger partial charge in [-0.15, -0.1) is 0 Å². The van der Waals surface area contributed by atoms with Crippen LogP contribution < -0.4 is 14.8 Å². The molecule has 0 aliphatic rings. The fourth-order valence-electron chi connectivity index (χ4n) is 2.60. The minimum atomic E-state index is -0.167. The van der Waals surface area contributed by atoms with Crippen LogP contribution in [-0.4, -0.2) is 19.1 Å². The molecule has 4 nitrogen and oxygen atoms in total. The van der Waals surface area contributed by atoms with E-state index < -0.39 is 0 Å². The van der Waals surface area contributed by atoms with Crippen LogP contribution in [0.25, 0.3) is 6.08 Å². The number of anilines is 1. The molecule has 0 aliphatic carbocycles. The predicted octanol–water partition coefficient (Wildman–Crippen LogP) is 5.26. The Morgan fingerprint density at radius 2 is 1.77 bits per heavy atom. The highest BCUT2D eigenvalue weighted by Gasteiger charge is 2.08. The number of nitrogens with one attached hydrogen (secondary N) is 1. The van der Waals surface area contributed by atoms with E-state index in [1.165, 1.54) is 6.08 Å². The summed E-state index contributed by atoms with van der Waals surface area (Å²) in [6.45, 7) is 8.14. The summed E-state index contributed by atoms with van der Waals surface area (Å²) in [5, 5.41) is 2.95. The predicted molar refractivity (Wildman–Crippen MR) is 107 cm³/mol. The van der Waals surface area contributed by atoms with E-state index >= 15 is 0 Å². The summed E-state index contributed by atoms with van der Waals surface area (Å²) < 4.78 is 11.1. The first-order valence-electron chi connectivity index (χ1n) is 8.83. The van der Waals surface area contributed by atoms with E-state index in [4.69, 9.17) is 9.47 Å². The molecule has 0 fully saturated rings. The smallest absolute Gasteiger partial charge is 0.248 e. The zero-order chi connectivity index (χ0) is 19.1. The van der Waals surface area contributed by atoms with Crippen LogP contribution in [-0.2, 0) is 4.79 Å². The van der Waals surface area contributed by atoms with Crippen molar-refractivity contribution in [2.75, 3.05) is 12.4 Å². The lowest BCUT2D eigenvalue weighted by Crippen LogP contribution is -2.10. The minimum absolute atomic E-state index is 0.0668. The molecule has 0 atom stereocenters. The first-order chi connectivity index (χ1) is 12.4. The third-order valence-corrected chi connectivity index (χ3v) is 3.82. The highest BCUT2D eigenvalue weighted by Crippen LogP contribution is 2.29. The summed E-state index contributed by atoms with van der Waals surface area (Å²) in [6, 6.07) is 13.4. The van der Waals surface area contributed by atoms with Gasteiger partial charge in [0.15, 0.2) is 11.5 Å². The molecule has 138 valence electrons. The quantitative estimate of drug-likeness (QED) is 0.691. The molecule has 4 heteroatoms. The standard InChI is InChI=1S/C22H27NO3/c1-15(2)18-8-6-7-9-19(18)23-22(24)13-11-17-10-12-20(26-16(3)4)21(14-17)25-5/h6-16H,1-5H3,(H,23,24). The second-order valence-electron chi connectivity index (χ2n) is 6.64. The largest absolute Gasteiger partial charge is 0.493 e. The Bertz CT molecular complexity index is 779. The summed E-state index contributed by atoms with van der Waals surface area (Å²) in [7, 11) is 1.60. The van der Waals surface area contributed by atoms with E-state index in [0.29, 0.717) is 17.4 Å². The van der Waals surface area contributed by atoms with Gasteiger partial charge in [0.2, 0.25) is 5.91 Å². The second-order valence-corrected chi connectivity index (χ2v) is 6.64. The van der Waals surface area contributed by atoms with Gasteiger partial charge in [-0.05, 0) is 55.2 Å². The van der Waals surface area contributed by atoms with E-state index in [-0.39, 0.29) is 12.0 Å². The summed E-state index contributed by atoms with van der Waals surface area (Å²) >= 11 is 0. The maximum Gasteiger partial charge on any atom is 0.248 e. The van der Waals surface area contributed by atoms with E-state index in [0.717, 1.165) is 16.8 Å². The summed E-state index contributed by atoms with van der Waals surface area (Å²) in [5.41, 5.74) is 2.83. The van der Waals surface area contributed by atoms with Gasteiger partial charge >= 0.3 is 0 Å². The number of para-hydroxylation sites is 1. The van der Waals surface area contributed by atoms with Crippen molar-refractivity contribution in [3.63, 3.8) is 0 Å². The van der Waals surface area contributed by atoms with Crippen molar-refractivity contribution in [2.24, 2.45) is 0 Å². The van der Waals surface area contributed by atoms with Crippen LogP contribution in [0.15, 0.2) is 48.5 Å². The number of methoxy groups -OCH3 is 1. The number of ether oxygens (including phenoxy) is 2. The van der Waals surface area contributed by atoms with Gasteiger partial charge in [-0.3, -0.25) is 4.79 Å². The van der Waals surface area contributed by atoms with E-state index in [1.54, 1.807) is 13.2 Å². The van der Waals surface area contributed by atoms with Gasteiger partial charge in [0.1, 0.15) is 0 Å². The summed E-state index contributed by atoms with van der Waals surface area (Å²) in [5.74, 6) is 1.51. The van der Waals surface area contributed by atoms with Crippen molar-refractivity contribution in [1.29, 1.82) is 0 Å². The summed E-state index contributed by atoms with van der Waals surface area (Å²) in [6.07, 6.45) is 3.35. The molecule has 26 heavy (non-hydrogen) atoms. The van der Waals surface area contributed by atoms with E-state index in [9.17, 15) is 4.79 Å². The van der Waals surface area contributed by atoms with Gasteiger partial charge in [-0.25, -0.2) is 0 Å². The molecule has 0 aromatic heterocycles. The Morgan fingerprint density at radius 1 is 1.04 bits per heavy atom. The van der Waals surface area contributed by atoms with Crippen molar-refractivity contribution >= 4 is 17.7 Å². The highest BCUT2D eigenvalue weighted by atomic mass is 16.5. The van der Waals surface area contributed by atoms with Crippen molar-refractivity contribution in [3.05, 3.63) is 59.7 Å². The monoisotopic (exact) mass is 353 g/mol. The highest BCUT2D eigenvalue weighted by molar-refractivity contribution is 6.02. The van der Waals surface area contributed by atoms with Gasteiger partial charge < -0.3 is 14.8 Å². The molecule has 2 rings (SSSR count). The average molecular weight is 353 g/mol. The topological polar surface area (TPSA) is 47.6 Å². The van der Waals surface area contributed by atoms with Gasteiger partial charge in [-0.2, -0.15) is 0 Å². The fourth-order valence-corrected chi connectivity index (χ4v) is 2.60. The van der Waals surface area contributed by atoms with Gasteiger partial charge in [0.05, 0.1) is 13.2 Å². The van der Waals surface area contributed by atoms with Crippen LogP contribution in [0.4, 0.5) is 5.69 Å². The lowest BCUT2D eigenvalue weighted by molar-refractivity contribution is -0.111. The first-order valence-corrected chi connectivity index (χ1v) is 8.83. The average Bonchev–Trinajstić information content (AvgIpc) is 2.60. The lowest BCUT2D eigenvalue weighted by Gasteiger charge is -2.14. The maximum atomic E-state index is 12.3. The van der Waals surface area contributed by atoms with Crippen LogP contribution >= 0.6 is 0 Å². The number of benzene rings is 2. The van der Waals surface area contributed by atoms with Crippen LogP contribution in [0, 0.1) is 0 Å².